The number of hydrogen-bond donors (Lipinski definition) is 2. The van der Waals surface area contributed by atoms with Crippen molar-refractivity contribution in [3.63, 3.8) is 0 Å². The van der Waals surface area contributed by atoms with Crippen LogP contribution in [0.5, 0.6) is 11.5 Å². The number of carbonyl (C=O) groups is 2. The van der Waals surface area contributed by atoms with E-state index in [1.54, 1.807) is 42.5 Å². The highest BCUT2D eigenvalue weighted by atomic mass is 79.9. The fourth-order valence-corrected chi connectivity index (χ4v) is 3.53. The standard InChI is InChI=1S/C26H21BrN2O6/c1-16(34-21-10-8-20(9-11-21)33-15-17-5-3-2-4-6-17)24(30)28-29-25(31)22-14-18-13-19(27)7-12-23(18)35-26(22)32/h2-14,16H,15H2,1H3,(H,28,30)(H,29,31)/t16-/m1/s1. The fourth-order valence-electron chi connectivity index (χ4n) is 3.15. The van der Waals surface area contributed by atoms with Crippen molar-refractivity contribution in [1.82, 2.24) is 10.9 Å². The lowest BCUT2D eigenvalue weighted by Crippen LogP contribution is -2.48. The Hall–Kier alpha value is -4.11. The first-order valence-electron chi connectivity index (χ1n) is 10.7. The van der Waals surface area contributed by atoms with Gasteiger partial charge in [-0.15, -0.1) is 0 Å². The van der Waals surface area contributed by atoms with Crippen molar-refractivity contribution in [1.29, 1.82) is 0 Å². The minimum atomic E-state index is -0.921. The molecular formula is C26H21BrN2O6. The maximum absolute atomic E-state index is 12.4. The van der Waals surface area contributed by atoms with Crippen LogP contribution in [0.1, 0.15) is 22.8 Å². The van der Waals surface area contributed by atoms with Crippen molar-refractivity contribution < 1.29 is 23.5 Å². The molecule has 0 saturated carbocycles. The van der Waals surface area contributed by atoms with Gasteiger partial charge in [-0.25, -0.2) is 4.79 Å². The zero-order chi connectivity index (χ0) is 24.8. The molecule has 178 valence electrons. The van der Waals surface area contributed by atoms with Crippen molar-refractivity contribution in [2.75, 3.05) is 0 Å². The number of halogens is 1. The first-order valence-corrected chi connectivity index (χ1v) is 11.5. The molecule has 0 fully saturated rings. The molecule has 4 aromatic rings. The van der Waals surface area contributed by atoms with Gasteiger partial charge in [-0.1, -0.05) is 46.3 Å². The highest BCUT2D eigenvalue weighted by Gasteiger charge is 2.18. The monoisotopic (exact) mass is 536 g/mol. The van der Waals surface area contributed by atoms with E-state index in [9.17, 15) is 14.4 Å². The maximum atomic E-state index is 12.4. The fraction of sp³-hybridized carbons (Fsp3) is 0.115. The van der Waals surface area contributed by atoms with Crippen LogP contribution >= 0.6 is 15.9 Å². The summed E-state index contributed by atoms with van der Waals surface area (Å²) in [6, 6.07) is 23.1. The summed E-state index contributed by atoms with van der Waals surface area (Å²) in [6.07, 6.45) is -0.921. The van der Waals surface area contributed by atoms with Crippen molar-refractivity contribution in [3.05, 3.63) is 105 Å². The van der Waals surface area contributed by atoms with Gasteiger partial charge in [-0.2, -0.15) is 0 Å². The maximum Gasteiger partial charge on any atom is 0.349 e. The van der Waals surface area contributed by atoms with Gasteiger partial charge in [0.1, 0.15) is 29.3 Å². The van der Waals surface area contributed by atoms with Gasteiger partial charge in [0.05, 0.1) is 0 Å². The van der Waals surface area contributed by atoms with Gasteiger partial charge in [-0.05, 0) is 61.0 Å². The highest BCUT2D eigenvalue weighted by molar-refractivity contribution is 9.10. The molecular weight excluding hydrogens is 516 g/mol. The van der Waals surface area contributed by atoms with Crippen molar-refractivity contribution in [2.45, 2.75) is 19.6 Å². The normalized spacial score (nSPS) is 11.5. The number of amides is 2. The second kappa shape index (κ2) is 10.9. The Morgan fingerprint density at radius 3 is 2.40 bits per heavy atom. The van der Waals surface area contributed by atoms with Gasteiger partial charge in [0, 0.05) is 9.86 Å². The Bertz CT molecular complexity index is 1400. The summed E-state index contributed by atoms with van der Waals surface area (Å²) in [4.78, 5) is 36.9. The van der Waals surface area contributed by atoms with Crippen molar-refractivity contribution in [3.8, 4) is 11.5 Å². The Kier molecular flexibility index (Phi) is 7.47. The largest absolute Gasteiger partial charge is 0.489 e. The smallest absolute Gasteiger partial charge is 0.349 e. The van der Waals surface area contributed by atoms with Gasteiger partial charge in [-0.3, -0.25) is 20.4 Å². The molecule has 0 saturated heterocycles. The summed E-state index contributed by atoms with van der Waals surface area (Å²) in [7, 11) is 0. The van der Waals surface area contributed by atoms with E-state index in [4.69, 9.17) is 13.9 Å². The lowest BCUT2D eigenvalue weighted by Gasteiger charge is -2.15. The summed E-state index contributed by atoms with van der Waals surface area (Å²) >= 11 is 3.33. The van der Waals surface area contributed by atoms with Gasteiger partial charge >= 0.3 is 5.63 Å². The van der Waals surface area contributed by atoms with Crippen LogP contribution in [-0.2, 0) is 11.4 Å². The Balaban J connectivity index is 1.30. The molecule has 1 aromatic heterocycles. The molecule has 0 radical (unpaired) electrons. The van der Waals surface area contributed by atoms with E-state index in [0.29, 0.717) is 29.1 Å². The third-order valence-electron chi connectivity index (χ3n) is 4.99. The predicted molar refractivity (Wildman–Crippen MR) is 133 cm³/mol. The Morgan fingerprint density at radius 1 is 0.943 bits per heavy atom. The lowest BCUT2D eigenvalue weighted by molar-refractivity contribution is -0.128. The average Bonchev–Trinajstić information content (AvgIpc) is 2.87. The van der Waals surface area contributed by atoms with Crippen LogP contribution in [0, 0.1) is 0 Å². The first kappa shape index (κ1) is 24.0. The van der Waals surface area contributed by atoms with Crippen LogP contribution in [0.2, 0.25) is 0 Å². The number of hydrogen-bond acceptors (Lipinski definition) is 6. The predicted octanol–water partition coefficient (Wildman–Crippen LogP) is 4.36. The summed E-state index contributed by atoms with van der Waals surface area (Å²) in [5.74, 6) is -0.296. The Labute approximate surface area is 209 Å². The molecule has 35 heavy (non-hydrogen) atoms. The Morgan fingerprint density at radius 2 is 1.66 bits per heavy atom. The second-order valence-electron chi connectivity index (χ2n) is 7.58. The van der Waals surface area contributed by atoms with Crippen LogP contribution in [0.4, 0.5) is 0 Å². The first-order chi connectivity index (χ1) is 16.9. The number of fused-ring (bicyclic) bond motifs is 1. The highest BCUT2D eigenvalue weighted by Crippen LogP contribution is 2.20. The number of hydrazine groups is 1. The summed E-state index contributed by atoms with van der Waals surface area (Å²) in [6.45, 7) is 1.97. The number of rotatable bonds is 7. The number of nitrogens with one attached hydrogen (secondary N) is 2. The molecule has 0 aliphatic rings. The van der Waals surface area contributed by atoms with Gasteiger partial charge in [0.15, 0.2) is 6.10 Å². The zero-order valence-corrected chi connectivity index (χ0v) is 20.2. The van der Waals surface area contributed by atoms with E-state index in [1.807, 2.05) is 30.3 Å². The third-order valence-corrected chi connectivity index (χ3v) is 5.49. The molecule has 9 heteroatoms. The van der Waals surface area contributed by atoms with Gasteiger partial charge < -0.3 is 13.9 Å². The van der Waals surface area contributed by atoms with Gasteiger partial charge in [0.2, 0.25) is 0 Å². The molecule has 2 N–H and O–H groups in total. The average molecular weight is 537 g/mol. The zero-order valence-electron chi connectivity index (χ0n) is 18.6. The van der Waals surface area contributed by atoms with Crippen LogP contribution in [-0.4, -0.2) is 17.9 Å². The molecule has 2 amide bonds. The lowest BCUT2D eigenvalue weighted by atomic mass is 10.2. The van der Waals surface area contributed by atoms with Crippen LogP contribution in [0.3, 0.4) is 0 Å². The summed E-state index contributed by atoms with van der Waals surface area (Å²) in [5.41, 5.74) is 4.82. The molecule has 3 aromatic carbocycles. The van der Waals surface area contributed by atoms with Crippen LogP contribution < -0.4 is 26.0 Å². The van der Waals surface area contributed by atoms with E-state index in [2.05, 4.69) is 26.8 Å². The number of benzene rings is 3. The molecule has 0 spiro atoms. The van der Waals surface area contributed by atoms with Gasteiger partial charge in [0.25, 0.3) is 11.8 Å². The molecule has 1 heterocycles. The van der Waals surface area contributed by atoms with Crippen LogP contribution in [0.25, 0.3) is 11.0 Å². The van der Waals surface area contributed by atoms with E-state index in [0.717, 1.165) is 10.0 Å². The van der Waals surface area contributed by atoms with Crippen molar-refractivity contribution >= 4 is 38.7 Å². The minimum absolute atomic E-state index is 0.240. The second-order valence-corrected chi connectivity index (χ2v) is 8.49. The molecule has 4 rings (SSSR count). The number of ether oxygens (including phenoxy) is 2. The van der Waals surface area contributed by atoms with E-state index in [1.165, 1.54) is 13.0 Å². The minimum Gasteiger partial charge on any atom is -0.489 e. The molecule has 0 bridgehead atoms. The molecule has 0 aliphatic carbocycles. The topological polar surface area (TPSA) is 107 Å². The SMILES string of the molecule is C[C@@H](Oc1ccc(OCc2ccccc2)cc1)C(=O)NNC(=O)c1cc2cc(Br)ccc2oc1=O. The molecule has 1 atom stereocenters. The van der Waals surface area contributed by atoms with Crippen LogP contribution in [0.15, 0.2) is 92.5 Å². The third kappa shape index (κ3) is 6.27. The molecule has 0 unspecified atom stereocenters. The number of carbonyl (C=O) groups excluding carboxylic acids is 2. The quantitative estimate of drug-likeness (QED) is 0.268. The molecule has 8 nitrogen and oxygen atoms in total. The van der Waals surface area contributed by atoms with E-state index < -0.39 is 23.5 Å². The molecule has 0 aliphatic heterocycles. The summed E-state index contributed by atoms with van der Waals surface area (Å²) < 4.78 is 17.3. The van der Waals surface area contributed by atoms with Crippen molar-refractivity contribution in [2.24, 2.45) is 0 Å². The van der Waals surface area contributed by atoms with E-state index in [-0.39, 0.29) is 5.56 Å². The summed E-state index contributed by atoms with van der Waals surface area (Å²) in [5, 5.41) is 0.559. The van der Waals surface area contributed by atoms with E-state index >= 15 is 0 Å².